The minimum Gasteiger partial charge on any atom is -0.409 e. The number of rotatable bonds is 4. The SMILES string of the molecule is Cc1ccc(/C(N)=N/O)c(=O)n1CCC1CCCCN1C. The highest BCUT2D eigenvalue weighted by Gasteiger charge is 2.19. The third-order valence-corrected chi connectivity index (χ3v) is 4.38. The Morgan fingerprint density at radius 3 is 2.90 bits per heavy atom. The van der Waals surface area contributed by atoms with E-state index in [1.54, 1.807) is 10.6 Å². The molecule has 1 aromatic rings. The molecule has 3 N–H and O–H groups in total. The normalized spacial score (nSPS) is 20.7. The Balaban J connectivity index is 2.18. The minimum atomic E-state index is -0.191. The maximum Gasteiger partial charge on any atom is 0.261 e. The summed E-state index contributed by atoms with van der Waals surface area (Å²) in [5.74, 6) is -0.136. The van der Waals surface area contributed by atoms with E-state index in [-0.39, 0.29) is 17.0 Å². The fourth-order valence-electron chi connectivity index (χ4n) is 2.98. The van der Waals surface area contributed by atoms with Crippen molar-refractivity contribution in [3.05, 3.63) is 33.7 Å². The lowest BCUT2D eigenvalue weighted by atomic mass is 10.00. The maximum atomic E-state index is 12.4. The Bertz CT molecular complexity index is 580. The molecule has 2 rings (SSSR count). The number of amidine groups is 1. The molecule has 1 atom stereocenters. The number of pyridine rings is 1. The fourth-order valence-corrected chi connectivity index (χ4v) is 2.98. The Hall–Kier alpha value is -1.82. The third kappa shape index (κ3) is 3.44. The molecule has 6 nitrogen and oxygen atoms in total. The van der Waals surface area contributed by atoms with Gasteiger partial charge in [-0.3, -0.25) is 4.79 Å². The van der Waals surface area contributed by atoms with Gasteiger partial charge in [0.05, 0.1) is 5.56 Å². The van der Waals surface area contributed by atoms with E-state index in [9.17, 15) is 4.79 Å². The summed E-state index contributed by atoms with van der Waals surface area (Å²) in [6.07, 6.45) is 4.64. The largest absolute Gasteiger partial charge is 0.409 e. The first-order valence-corrected chi connectivity index (χ1v) is 7.43. The van der Waals surface area contributed by atoms with Crippen LogP contribution in [0.4, 0.5) is 0 Å². The maximum absolute atomic E-state index is 12.4. The van der Waals surface area contributed by atoms with Crippen LogP contribution in [-0.4, -0.2) is 40.1 Å². The number of hydrogen-bond donors (Lipinski definition) is 2. The van der Waals surface area contributed by atoms with Gasteiger partial charge in [-0.2, -0.15) is 0 Å². The van der Waals surface area contributed by atoms with Crippen molar-refractivity contribution in [3.63, 3.8) is 0 Å². The highest BCUT2D eigenvalue weighted by Crippen LogP contribution is 2.18. The van der Waals surface area contributed by atoms with Gasteiger partial charge in [0.2, 0.25) is 0 Å². The average molecular weight is 292 g/mol. The van der Waals surface area contributed by atoms with E-state index in [1.807, 2.05) is 13.0 Å². The molecule has 0 radical (unpaired) electrons. The quantitative estimate of drug-likeness (QED) is 0.377. The summed E-state index contributed by atoms with van der Waals surface area (Å²) in [5.41, 5.74) is 6.51. The molecule has 1 fully saturated rings. The van der Waals surface area contributed by atoms with E-state index < -0.39 is 0 Å². The smallest absolute Gasteiger partial charge is 0.261 e. The average Bonchev–Trinajstić information content (AvgIpc) is 2.48. The fraction of sp³-hybridized carbons (Fsp3) is 0.600. The van der Waals surface area contributed by atoms with Crippen molar-refractivity contribution >= 4 is 5.84 Å². The van der Waals surface area contributed by atoms with Crippen molar-refractivity contribution in [2.75, 3.05) is 13.6 Å². The first-order chi connectivity index (χ1) is 10.0. The number of oxime groups is 1. The van der Waals surface area contributed by atoms with E-state index in [0.29, 0.717) is 12.6 Å². The van der Waals surface area contributed by atoms with Crippen LogP contribution in [-0.2, 0) is 6.54 Å². The van der Waals surface area contributed by atoms with Gasteiger partial charge < -0.3 is 20.4 Å². The molecule has 0 amide bonds. The molecule has 1 aliphatic heterocycles. The van der Waals surface area contributed by atoms with Crippen LogP contribution in [0.5, 0.6) is 0 Å². The standard InChI is InChI=1S/C15H24N4O2/c1-11-6-7-13(14(16)17-21)15(20)19(11)10-8-12-5-3-4-9-18(12)2/h6-7,12,21H,3-5,8-10H2,1-2H3,(H2,16,17). The monoisotopic (exact) mass is 292 g/mol. The second kappa shape index (κ2) is 6.76. The van der Waals surface area contributed by atoms with Crippen LogP contribution in [0.3, 0.4) is 0 Å². The molecule has 0 bridgehead atoms. The Morgan fingerprint density at radius 1 is 1.48 bits per heavy atom. The molecule has 0 saturated carbocycles. The summed E-state index contributed by atoms with van der Waals surface area (Å²) in [6, 6.07) is 3.97. The van der Waals surface area contributed by atoms with Crippen molar-refractivity contribution in [3.8, 4) is 0 Å². The van der Waals surface area contributed by atoms with Crippen LogP contribution >= 0.6 is 0 Å². The number of piperidine rings is 1. The number of aryl methyl sites for hydroxylation is 1. The van der Waals surface area contributed by atoms with Crippen LogP contribution in [0, 0.1) is 6.92 Å². The lowest BCUT2D eigenvalue weighted by Crippen LogP contribution is -2.38. The van der Waals surface area contributed by atoms with Gasteiger partial charge in [-0.05, 0) is 51.9 Å². The predicted octanol–water partition coefficient (Wildman–Crippen LogP) is 1.13. The van der Waals surface area contributed by atoms with Gasteiger partial charge in [0, 0.05) is 18.3 Å². The van der Waals surface area contributed by atoms with Crippen molar-refractivity contribution in [2.45, 2.75) is 45.2 Å². The number of likely N-dealkylation sites (tertiary alicyclic amines) is 1. The number of aromatic nitrogens is 1. The molecule has 2 heterocycles. The van der Waals surface area contributed by atoms with Crippen molar-refractivity contribution < 1.29 is 5.21 Å². The molecule has 6 heteroatoms. The van der Waals surface area contributed by atoms with Crippen molar-refractivity contribution in [1.82, 2.24) is 9.47 Å². The van der Waals surface area contributed by atoms with E-state index in [4.69, 9.17) is 10.9 Å². The summed E-state index contributed by atoms with van der Waals surface area (Å²) in [5, 5.41) is 11.7. The van der Waals surface area contributed by atoms with Gasteiger partial charge >= 0.3 is 0 Å². The predicted molar refractivity (Wildman–Crippen MR) is 82.8 cm³/mol. The minimum absolute atomic E-state index is 0.136. The van der Waals surface area contributed by atoms with Crippen molar-refractivity contribution in [1.29, 1.82) is 0 Å². The second-order valence-corrected chi connectivity index (χ2v) is 5.75. The molecule has 116 valence electrons. The first kappa shape index (κ1) is 15.6. The lowest BCUT2D eigenvalue weighted by molar-refractivity contribution is 0.170. The van der Waals surface area contributed by atoms with Gasteiger partial charge in [-0.1, -0.05) is 11.6 Å². The molecule has 1 saturated heterocycles. The highest BCUT2D eigenvalue weighted by atomic mass is 16.4. The zero-order valence-electron chi connectivity index (χ0n) is 12.7. The summed E-state index contributed by atoms with van der Waals surface area (Å²) in [6.45, 7) is 3.69. The topological polar surface area (TPSA) is 83.9 Å². The van der Waals surface area contributed by atoms with E-state index in [1.165, 1.54) is 19.3 Å². The first-order valence-electron chi connectivity index (χ1n) is 7.43. The van der Waals surface area contributed by atoms with Crippen molar-refractivity contribution in [2.24, 2.45) is 10.9 Å². The highest BCUT2D eigenvalue weighted by molar-refractivity contribution is 5.96. The van der Waals surface area contributed by atoms with Gasteiger partial charge in [0.25, 0.3) is 5.56 Å². The molecule has 1 aromatic heterocycles. The Morgan fingerprint density at radius 2 is 2.24 bits per heavy atom. The van der Waals surface area contributed by atoms with Crippen LogP contribution in [0.1, 0.15) is 36.9 Å². The Kier molecular flexibility index (Phi) is 5.01. The van der Waals surface area contributed by atoms with E-state index >= 15 is 0 Å². The molecular formula is C15H24N4O2. The van der Waals surface area contributed by atoms with Gasteiger partial charge in [-0.25, -0.2) is 0 Å². The summed E-state index contributed by atoms with van der Waals surface area (Å²) in [7, 11) is 2.15. The van der Waals surface area contributed by atoms with Crippen LogP contribution in [0.15, 0.2) is 22.1 Å². The van der Waals surface area contributed by atoms with Crippen LogP contribution in [0.25, 0.3) is 0 Å². The summed E-state index contributed by atoms with van der Waals surface area (Å²) in [4.78, 5) is 14.8. The number of nitrogens with two attached hydrogens (primary N) is 1. The van der Waals surface area contributed by atoms with Gasteiger partial charge in [0.15, 0.2) is 5.84 Å². The molecule has 0 aliphatic carbocycles. The molecular weight excluding hydrogens is 268 g/mol. The Labute approximate surface area is 124 Å². The van der Waals surface area contributed by atoms with Crippen LogP contribution < -0.4 is 11.3 Å². The van der Waals surface area contributed by atoms with E-state index in [2.05, 4.69) is 17.1 Å². The summed E-state index contributed by atoms with van der Waals surface area (Å²) >= 11 is 0. The zero-order valence-corrected chi connectivity index (χ0v) is 12.7. The molecule has 1 unspecified atom stereocenters. The van der Waals surface area contributed by atoms with Crippen LogP contribution in [0.2, 0.25) is 0 Å². The molecule has 21 heavy (non-hydrogen) atoms. The second-order valence-electron chi connectivity index (χ2n) is 5.75. The number of hydrogen-bond acceptors (Lipinski definition) is 4. The zero-order chi connectivity index (χ0) is 15.4. The lowest BCUT2D eigenvalue weighted by Gasteiger charge is -2.32. The number of nitrogens with zero attached hydrogens (tertiary/aromatic N) is 3. The molecule has 0 aromatic carbocycles. The van der Waals surface area contributed by atoms with Gasteiger partial charge in [0.1, 0.15) is 0 Å². The molecule has 1 aliphatic rings. The van der Waals surface area contributed by atoms with E-state index in [0.717, 1.165) is 18.7 Å². The summed E-state index contributed by atoms with van der Waals surface area (Å²) < 4.78 is 1.72. The van der Waals surface area contributed by atoms with Gasteiger partial charge in [-0.15, -0.1) is 0 Å². The third-order valence-electron chi connectivity index (χ3n) is 4.38. The molecule has 0 spiro atoms.